The second-order valence-electron chi connectivity index (χ2n) is 6.01. The van der Waals surface area contributed by atoms with Crippen molar-refractivity contribution < 1.29 is 19.1 Å². The van der Waals surface area contributed by atoms with Crippen molar-refractivity contribution in [2.24, 2.45) is 0 Å². The van der Waals surface area contributed by atoms with E-state index in [2.05, 4.69) is 5.32 Å². The number of benzene rings is 2. The molecule has 6 heteroatoms. The molecule has 0 spiro atoms. The van der Waals surface area contributed by atoms with E-state index in [-0.39, 0.29) is 18.4 Å². The Hall–Kier alpha value is -3.02. The van der Waals surface area contributed by atoms with Gasteiger partial charge in [0.1, 0.15) is 0 Å². The number of methoxy groups -OCH3 is 1. The molecule has 1 N–H and O–H groups in total. The lowest BCUT2D eigenvalue weighted by molar-refractivity contribution is -0.117. The number of amides is 2. The summed E-state index contributed by atoms with van der Waals surface area (Å²) in [5, 5.41) is 2.65. The third-order valence-corrected chi connectivity index (χ3v) is 4.17. The van der Waals surface area contributed by atoms with Gasteiger partial charge in [-0.25, -0.2) is 0 Å². The first-order valence-electron chi connectivity index (χ1n) is 8.61. The lowest BCUT2D eigenvalue weighted by Gasteiger charge is -2.22. The molecule has 0 radical (unpaired) electrons. The quantitative estimate of drug-likeness (QED) is 0.866. The number of nitrogens with one attached hydrogen (secondary N) is 1. The van der Waals surface area contributed by atoms with Crippen LogP contribution in [0.3, 0.4) is 0 Å². The number of fused-ring (bicyclic) bond motifs is 1. The van der Waals surface area contributed by atoms with Gasteiger partial charge in [-0.15, -0.1) is 0 Å². The number of hydrogen-bond donors (Lipinski definition) is 1. The van der Waals surface area contributed by atoms with E-state index in [0.29, 0.717) is 35.9 Å². The fourth-order valence-electron chi connectivity index (χ4n) is 2.88. The molecule has 0 aromatic heterocycles. The number of carbonyl (C=O) groups excluding carboxylic acids is 2. The first-order chi connectivity index (χ1) is 12.6. The Kier molecular flexibility index (Phi) is 5.41. The second kappa shape index (κ2) is 7.91. The Labute approximate surface area is 152 Å². The summed E-state index contributed by atoms with van der Waals surface area (Å²) in [6, 6.07) is 12.7. The number of ether oxygens (including phenoxy) is 2. The molecule has 26 heavy (non-hydrogen) atoms. The van der Waals surface area contributed by atoms with Gasteiger partial charge in [-0.1, -0.05) is 25.1 Å². The highest BCUT2D eigenvalue weighted by molar-refractivity contribution is 6.09. The predicted molar refractivity (Wildman–Crippen MR) is 98.7 cm³/mol. The Balaban J connectivity index is 1.91. The third kappa shape index (κ3) is 3.64. The van der Waals surface area contributed by atoms with Crippen LogP contribution in [0, 0.1) is 0 Å². The molecule has 0 aliphatic carbocycles. The second-order valence-corrected chi connectivity index (χ2v) is 6.01. The van der Waals surface area contributed by atoms with Crippen molar-refractivity contribution in [2.45, 2.75) is 19.9 Å². The minimum atomic E-state index is -0.239. The molecule has 0 bridgehead atoms. The molecule has 2 aromatic carbocycles. The van der Waals surface area contributed by atoms with E-state index in [4.69, 9.17) is 9.47 Å². The molecule has 0 fully saturated rings. The monoisotopic (exact) mass is 354 g/mol. The topological polar surface area (TPSA) is 67.9 Å². The lowest BCUT2D eigenvalue weighted by atomic mass is 10.1. The van der Waals surface area contributed by atoms with E-state index in [0.717, 1.165) is 12.0 Å². The van der Waals surface area contributed by atoms with E-state index in [1.807, 2.05) is 31.2 Å². The van der Waals surface area contributed by atoms with E-state index < -0.39 is 0 Å². The Morgan fingerprint density at radius 2 is 1.92 bits per heavy atom. The number of nitrogens with zero attached hydrogens (tertiary/aromatic N) is 1. The fraction of sp³-hybridized carbons (Fsp3) is 0.300. The molecule has 1 heterocycles. The largest absolute Gasteiger partial charge is 0.493 e. The maximum Gasteiger partial charge on any atom is 0.253 e. The molecule has 1 aliphatic heterocycles. The highest BCUT2D eigenvalue weighted by Gasteiger charge is 2.26. The molecule has 2 amide bonds. The highest BCUT2D eigenvalue weighted by Crippen LogP contribution is 2.30. The van der Waals surface area contributed by atoms with Crippen LogP contribution < -0.4 is 19.7 Å². The van der Waals surface area contributed by atoms with Gasteiger partial charge in [0.15, 0.2) is 11.5 Å². The molecule has 6 nitrogen and oxygen atoms in total. The van der Waals surface area contributed by atoms with Crippen LogP contribution in [0.25, 0.3) is 0 Å². The highest BCUT2D eigenvalue weighted by atomic mass is 16.5. The van der Waals surface area contributed by atoms with Gasteiger partial charge in [0.05, 0.1) is 38.1 Å². The van der Waals surface area contributed by atoms with Crippen LogP contribution in [0.15, 0.2) is 42.5 Å². The molecule has 0 saturated carbocycles. The van der Waals surface area contributed by atoms with Crippen LogP contribution in [-0.4, -0.2) is 32.1 Å². The van der Waals surface area contributed by atoms with Gasteiger partial charge in [-0.2, -0.15) is 0 Å². The van der Waals surface area contributed by atoms with E-state index >= 15 is 0 Å². The van der Waals surface area contributed by atoms with Crippen LogP contribution in [0.2, 0.25) is 0 Å². The zero-order valence-electron chi connectivity index (χ0n) is 15.0. The van der Waals surface area contributed by atoms with Gasteiger partial charge in [0.2, 0.25) is 5.91 Å². The zero-order valence-corrected chi connectivity index (χ0v) is 15.0. The van der Waals surface area contributed by atoms with Crippen molar-refractivity contribution in [3.8, 4) is 11.5 Å². The normalized spacial score (nSPS) is 13.7. The minimum Gasteiger partial charge on any atom is -0.493 e. The first-order valence-corrected chi connectivity index (χ1v) is 8.61. The molecule has 0 unspecified atom stereocenters. The molecule has 0 saturated heterocycles. The molecule has 0 atom stereocenters. The maximum absolute atomic E-state index is 12.5. The molecule has 3 rings (SSSR count). The van der Waals surface area contributed by atoms with Crippen molar-refractivity contribution in [2.75, 3.05) is 25.2 Å². The number of anilines is 1. The van der Waals surface area contributed by atoms with Gasteiger partial charge >= 0.3 is 0 Å². The number of carbonyl (C=O) groups is 2. The summed E-state index contributed by atoms with van der Waals surface area (Å²) < 4.78 is 11.1. The Morgan fingerprint density at radius 3 is 2.69 bits per heavy atom. The van der Waals surface area contributed by atoms with Crippen molar-refractivity contribution in [3.63, 3.8) is 0 Å². The van der Waals surface area contributed by atoms with Gasteiger partial charge in [0, 0.05) is 0 Å². The van der Waals surface area contributed by atoms with Crippen molar-refractivity contribution in [1.82, 2.24) is 5.32 Å². The summed E-state index contributed by atoms with van der Waals surface area (Å²) in [4.78, 5) is 26.3. The Morgan fingerprint density at radius 1 is 1.12 bits per heavy atom. The summed E-state index contributed by atoms with van der Waals surface area (Å²) >= 11 is 0. The average Bonchev–Trinajstić information content (AvgIpc) is 2.79. The smallest absolute Gasteiger partial charge is 0.253 e. The summed E-state index contributed by atoms with van der Waals surface area (Å²) in [5.74, 6) is 0.907. The number of hydrogen-bond acceptors (Lipinski definition) is 4. The summed E-state index contributed by atoms with van der Waals surface area (Å²) in [6.07, 6.45) is 0.908. The van der Waals surface area contributed by atoms with Gasteiger partial charge in [-0.05, 0) is 36.2 Å². The van der Waals surface area contributed by atoms with Crippen molar-refractivity contribution in [3.05, 3.63) is 53.6 Å². The summed E-state index contributed by atoms with van der Waals surface area (Å²) in [6.45, 7) is 2.97. The third-order valence-electron chi connectivity index (χ3n) is 4.17. The standard InChI is InChI=1S/C20H22N2O4/c1-3-10-26-17-9-8-14(11-18(17)25-2)13-22-16-7-5-4-6-15(16)20(24)21-12-19(22)23/h4-9,11H,3,10,12-13H2,1-2H3,(H,21,24). The van der Waals surface area contributed by atoms with Gasteiger partial charge in [0.25, 0.3) is 5.91 Å². The van der Waals surface area contributed by atoms with Gasteiger partial charge in [-0.3, -0.25) is 9.59 Å². The minimum absolute atomic E-state index is 0.0255. The number of rotatable bonds is 6. The first kappa shape index (κ1) is 17.8. The predicted octanol–water partition coefficient (Wildman–Crippen LogP) is 2.76. The molecular formula is C20H22N2O4. The van der Waals surface area contributed by atoms with E-state index in [1.165, 1.54) is 0 Å². The van der Waals surface area contributed by atoms with Crippen molar-refractivity contribution in [1.29, 1.82) is 0 Å². The van der Waals surface area contributed by atoms with E-state index in [1.54, 1.807) is 30.2 Å². The van der Waals surface area contributed by atoms with Crippen LogP contribution in [0.4, 0.5) is 5.69 Å². The molecule has 136 valence electrons. The van der Waals surface area contributed by atoms with Crippen LogP contribution in [-0.2, 0) is 11.3 Å². The Bertz CT molecular complexity index is 819. The van der Waals surface area contributed by atoms with Crippen LogP contribution >= 0.6 is 0 Å². The number of para-hydroxylation sites is 1. The van der Waals surface area contributed by atoms with E-state index in [9.17, 15) is 9.59 Å². The lowest BCUT2D eigenvalue weighted by Crippen LogP contribution is -2.36. The van der Waals surface area contributed by atoms with Crippen LogP contribution in [0.5, 0.6) is 11.5 Å². The van der Waals surface area contributed by atoms with Crippen molar-refractivity contribution >= 4 is 17.5 Å². The molecule has 2 aromatic rings. The zero-order chi connectivity index (χ0) is 18.5. The SMILES string of the molecule is CCCOc1ccc(CN2C(=O)CNC(=O)c3ccccc32)cc1OC. The van der Waals surface area contributed by atoms with Gasteiger partial charge < -0.3 is 19.7 Å². The van der Waals surface area contributed by atoms with Crippen LogP contribution in [0.1, 0.15) is 29.3 Å². The average molecular weight is 354 g/mol. The summed E-state index contributed by atoms with van der Waals surface area (Å²) in [5.41, 5.74) is 1.99. The maximum atomic E-state index is 12.5. The summed E-state index contributed by atoms with van der Waals surface area (Å²) in [7, 11) is 1.59. The molecule has 1 aliphatic rings. The fourth-order valence-corrected chi connectivity index (χ4v) is 2.88. The molecular weight excluding hydrogens is 332 g/mol.